The van der Waals surface area contributed by atoms with Crippen molar-refractivity contribution in [2.24, 2.45) is 0 Å². The number of alkyl halides is 1. The lowest BCUT2D eigenvalue weighted by Crippen LogP contribution is -2.46. The fourth-order valence-electron chi connectivity index (χ4n) is 1.66. The van der Waals surface area contributed by atoms with Gasteiger partial charge >= 0.3 is 6.09 Å². The van der Waals surface area contributed by atoms with E-state index in [9.17, 15) is 4.79 Å². The summed E-state index contributed by atoms with van der Waals surface area (Å²) >= 11 is 2.24. The number of ether oxygens (including phenoxy) is 2. The Labute approximate surface area is 140 Å². The highest BCUT2D eigenvalue weighted by Crippen LogP contribution is 2.11. The van der Waals surface area contributed by atoms with Crippen LogP contribution in [-0.4, -0.2) is 28.3 Å². The van der Waals surface area contributed by atoms with Crippen molar-refractivity contribution in [3.05, 3.63) is 35.9 Å². The number of nitrogens with one attached hydrogen (secondary N) is 1. The van der Waals surface area contributed by atoms with E-state index in [2.05, 4.69) is 27.9 Å². The molecule has 2 atom stereocenters. The molecule has 0 bridgehead atoms. The van der Waals surface area contributed by atoms with E-state index in [-0.39, 0.29) is 12.1 Å². The molecule has 0 aliphatic carbocycles. The third kappa shape index (κ3) is 7.66. The predicted octanol–water partition coefficient (Wildman–Crippen LogP) is 3.92. The van der Waals surface area contributed by atoms with Crippen LogP contribution >= 0.6 is 22.6 Å². The Bertz CT molecular complexity index is 431. The molecule has 21 heavy (non-hydrogen) atoms. The van der Waals surface area contributed by atoms with Gasteiger partial charge in [0.2, 0.25) is 0 Å². The van der Waals surface area contributed by atoms with E-state index in [4.69, 9.17) is 9.47 Å². The van der Waals surface area contributed by atoms with Crippen LogP contribution in [0.4, 0.5) is 4.79 Å². The highest BCUT2D eigenvalue weighted by molar-refractivity contribution is 14.1. The Balaban J connectivity index is 2.45. The van der Waals surface area contributed by atoms with Gasteiger partial charge in [-0.15, -0.1) is 0 Å². The number of rotatable bonds is 6. The van der Waals surface area contributed by atoms with E-state index in [1.807, 2.05) is 58.0 Å². The largest absolute Gasteiger partial charge is 0.444 e. The van der Waals surface area contributed by atoms with Gasteiger partial charge in [-0.1, -0.05) is 52.9 Å². The summed E-state index contributed by atoms with van der Waals surface area (Å²) in [5.41, 5.74) is 0.627. The van der Waals surface area contributed by atoms with Gasteiger partial charge < -0.3 is 14.8 Å². The summed E-state index contributed by atoms with van der Waals surface area (Å²) in [4.78, 5) is 11.8. The van der Waals surface area contributed by atoms with Crippen LogP contribution in [0.3, 0.4) is 0 Å². The Morgan fingerprint density at radius 3 is 2.43 bits per heavy atom. The van der Waals surface area contributed by atoms with Gasteiger partial charge in [-0.25, -0.2) is 4.79 Å². The molecule has 4 nitrogen and oxygen atoms in total. The number of carbonyl (C=O) groups is 1. The SMILES string of the molecule is C[C@H](OCc1ccccc1)[C@@H](CI)NC(=O)OC(C)(C)C. The average molecular weight is 405 g/mol. The first-order valence-corrected chi connectivity index (χ1v) is 8.55. The second-order valence-corrected chi connectivity index (χ2v) is 6.79. The second-order valence-electron chi connectivity index (χ2n) is 5.91. The van der Waals surface area contributed by atoms with Gasteiger partial charge in [-0.2, -0.15) is 0 Å². The summed E-state index contributed by atoms with van der Waals surface area (Å²) in [5, 5.41) is 2.87. The number of halogens is 1. The van der Waals surface area contributed by atoms with E-state index in [1.54, 1.807) is 0 Å². The number of hydrogen-bond acceptors (Lipinski definition) is 3. The summed E-state index contributed by atoms with van der Waals surface area (Å²) in [6.45, 7) is 8.04. The summed E-state index contributed by atoms with van der Waals surface area (Å²) < 4.78 is 11.9. The van der Waals surface area contributed by atoms with Crippen molar-refractivity contribution in [1.82, 2.24) is 5.32 Å². The molecule has 0 saturated heterocycles. The van der Waals surface area contributed by atoms with Gasteiger partial charge in [-0.05, 0) is 33.3 Å². The van der Waals surface area contributed by atoms with Crippen LogP contribution in [0.25, 0.3) is 0 Å². The van der Waals surface area contributed by atoms with Crippen LogP contribution in [0.1, 0.15) is 33.3 Å². The summed E-state index contributed by atoms with van der Waals surface area (Å²) in [7, 11) is 0. The van der Waals surface area contributed by atoms with E-state index in [1.165, 1.54) is 0 Å². The monoisotopic (exact) mass is 405 g/mol. The van der Waals surface area contributed by atoms with Crippen molar-refractivity contribution >= 4 is 28.7 Å². The van der Waals surface area contributed by atoms with Gasteiger partial charge in [0, 0.05) is 4.43 Å². The first-order valence-electron chi connectivity index (χ1n) is 7.03. The third-order valence-electron chi connectivity index (χ3n) is 2.79. The molecule has 0 spiro atoms. The van der Waals surface area contributed by atoms with Gasteiger partial charge in [0.25, 0.3) is 0 Å². The molecule has 1 N–H and O–H groups in total. The first kappa shape index (κ1) is 18.2. The Morgan fingerprint density at radius 2 is 1.90 bits per heavy atom. The van der Waals surface area contributed by atoms with Crippen LogP contribution in [0.5, 0.6) is 0 Å². The number of benzene rings is 1. The Kier molecular flexibility index (Phi) is 7.45. The molecule has 0 unspecified atom stereocenters. The second kappa shape index (κ2) is 8.58. The molecule has 1 rings (SSSR count). The van der Waals surface area contributed by atoms with Gasteiger partial charge in [0.1, 0.15) is 5.60 Å². The van der Waals surface area contributed by atoms with Crippen molar-refractivity contribution in [1.29, 1.82) is 0 Å². The number of alkyl carbamates (subject to hydrolysis) is 1. The minimum atomic E-state index is -0.492. The molecule has 0 saturated carbocycles. The van der Waals surface area contributed by atoms with Crippen LogP contribution in [0.15, 0.2) is 30.3 Å². The molecule has 0 aliphatic heterocycles. The van der Waals surface area contributed by atoms with Gasteiger partial charge in [0.15, 0.2) is 0 Å². The van der Waals surface area contributed by atoms with Crippen molar-refractivity contribution in [3.8, 4) is 0 Å². The lowest BCUT2D eigenvalue weighted by molar-refractivity contribution is 0.0197. The quantitative estimate of drug-likeness (QED) is 0.577. The standard InChI is InChI=1S/C16H24INO3/c1-12(20-11-13-8-6-5-7-9-13)14(10-17)18-15(19)21-16(2,3)4/h5-9,12,14H,10-11H2,1-4H3,(H,18,19)/t12-,14+/m0/s1. The normalized spacial score (nSPS) is 14.3. The smallest absolute Gasteiger partial charge is 0.407 e. The predicted molar refractivity (Wildman–Crippen MR) is 92.7 cm³/mol. The minimum absolute atomic E-state index is 0.0795. The zero-order chi connectivity index (χ0) is 15.9. The fraction of sp³-hybridized carbons (Fsp3) is 0.562. The summed E-state index contributed by atoms with van der Waals surface area (Å²) in [5.74, 6) is 0. The molecule has 0 aromatic heterocycles. The maximum Gasteiger partial charge on any atom is 0.407 e. The molecule has 0 fully saturated rings. The Morgan fingerprint density at radius 1 is 1.29 bits per heavy atom. The number of carbonyl (C=O) groups excluding carboxylic acids is 1. The van der Waals surface area contributed by atoms with E-state index < -0.39 is 11.7 Å². The van der Waals surface area contributed by atoms with Crippen molar-refractivity contribution in [2.75, 3.05) is 4.43 Å². The molecule has 5 heteroatoms. The highest BCUT2D eigenvalue weighted by atomic mass is 127. The van der Waals surface area contributed by atoms with Crippen molar-refractivity contribution in [2.45, 2.75) is 52.0 Å². The number of amides is 1. The molecule has 1 aromatic carbocycles. The molecule has 0 heterocycles. The van der Waals surface area contributed by atoms with Crippen molar-refractivity contribution in [3.63, 3.8) is 0 Å². The lowest BCUT2D eigenvalue weighted by atomic mass is 10.2. The molecule has 1 aromatic rings. The Hall–Kier alpha value is -0.820. The summed E-state index contributed by atoms with van der Waals surface area (Å²) in [6.07, 6.45) is -0.492. The van der Waals surface area contributed by atoms with E-state index in [0.717, 1.165) is 9.99 Å². The topological polar surface area (TPSA) is 47.6 Å². The average Bonchev–Trinajstić information content (AvgIpc) is 2.41. The maximum absolute atomic E-state index is 11.8. The maximum atomic E-state index is 11.8. The molecule has 0 aliphatic rings. The lowest BCUT2D eigenvalue weighted by Gasteiger charge is -2.26. The van der Waals surface area contributed by atoms with E-state index >= 15 is 0 Å². The van der Waals surface area contributed by atoms with Gasteiger partial charge in [0.05, 0.1) is 18.8 Å². The minimum Gasteiger partial charge on any atom is -0.444 e. The fourth-order valence-corrected chi connectivity index (χ4v) is 2.59. The summed E-state index contributed by atoms with van der Waals surface area (Å²) in [6, 6.07) is 9.91. The van der Waals surface area contributed by atoms with Gasteiger partial charge in [-0.3, -0.25) is 0 Å². The van der Waals surface area contributed by atoms with E-state index in [0.29, 0.717) is 6.61 Å². The highest BCUT2D eigenvalue weighted by Gasteiger charge is 2.23. The molecular weight excluding hydrogens is 381 g/mol. The zero-order valence-corrected chi connectivity index (χ0v) is 15.2. The molecule has 0 radical (unpaired) electrons. The first-order chi connectivity index (χ1) is 9.81. The zero-order valence-electron chi connectivity index (χ0n) is 13.1. The van der Waals surface area contributed by atoms with Crippen LogP contribution in [0, 0.1) is 0 Å². The number of hydrogen-bond donors (Lipinski definition) is 1. The molecule has 118 valence electrons. The van der Waals surface area contributed by atoms with Crippen LogP contribution < -0.4 is 5.32 Å². The van der Waals surface area contributed by atoms with Crippen molar-refractivity contribution < 1.29 is 14.3 Å². The third-order valence-corrected chi connectivity index (χ3v) is 3.74. The van der Waals surface area contributed by atoms with Crippen LogP contribution in [-0.2, 0) is 16.1 Å². The van der Waals surface area contributed by atoms with Crippen LogP contribution in [0.2, 0.25) is 0 Å². The molecule has 1 amide bonds. The molecular formula is C16H24INO3.